The summed E-state index contributed by atoms with van der Waals surface area (Å²) in [5.74, 6) is 0. The highest BCUT2D eigenvalue weighted by Crippen LogP contribution is 2.32. The van der Waals surface area contributed by atoms with E-state index in [2.05, 4.69) is 11.9 Å². The lowest BCUT2D eigenvalue weighted by atomic mass is 9.78. The van der Waals surface area contributed by atoms with Gasteiger partial charge in [0.25, 0.3) is 0 Å². The van der Waals surface area contributed by atoms with Gasteiger partial charge in [0.1, 0.15) is 12.2 Å². The number of alkyl halides is 3. The Hall–Kier alpha value is -2.02. The molecule has 2 N–H and O–H groups in total. The van der Waals surface area contributed by atoms with Crippen molar-refractivity contribution in [3.05, 3.63) is 12.7 Å². The fourth-order valence-electron chi connectivity index (χ4n) is 2.68. The first kappa shape index (κ1) is 26.0. The summed E-state index contributed by atoms with van der Waals surface area (Å²) in [4.78, 5) is 25.3. The number of likely N-dealkylation sites (tertiary alicyclic amines) is 1. The van der Waals surface area contributed by atoms with E-state index in [0.717, 1.165) is 0 Å². The molecule has 0 unspecified atom stereocenters. The molecule has 30 heavy (non-hydrogen) atoms. The van der Waals surface area contributed by atoms with E-state index in [1.807, 2.05) is 0 Å². The number of hydrogen-bond donors (Lipinski definition) is 2. The van der Waals surface area contributed by atoms with Crippen molar-refractivity contribution in [2.24, 2.45) is 5.41 Å². The van der Waals surface area contributed by atoms with Gasteiger partial charge in [-0.2, -0.15) is 13.2 Å². The van der Waals surface area contributed by atoms with Crippen molar-refractivity contribution < 1.29 is 40.7 Å². The molecule has 0 aliphatic carbocycles. The normalized spacial score (nSPS) is 17.2. The number of sulfonamides is 1. The van der Waals surface area contributed by atoms with Gasteiger partial charge in [0.05, 0.1) is 0 Å². The van der Waals surface area contributed by atoms with Gasteiger partial charge in [0.15, 0.2) is 0 Å². The summed E-state index contributed by atoms with van der Waals surface area (Å²) in [6.45, 7) is 7.94. The van der Waals surface area contributed by atoms with Gasteiger partial charge >= 0.3 is 27.7 Å². The standard InChI is InChI=1S/C17H28F3N3O6S/c1-5-10-28-13(24)21-11-16(12-22-30(26,27)17(18,19)20)6-8-23(9-7-16)14(25)29-15(2,3)4/h5,22H,1,6-12H2,2-4H3,(H,21,24). The number of hydrogen-bond acceptors (Lipinski definition) is 6. The number of halogens is 3. The molecule has 1 aliphatic rings. The zero-order chi connectivity index (χ0) is 23.2. The molecule has 0 atom stereocenters. The maximum atomic E-state index is 12.7. The second kappa shape index (κ2) is 9.86. The molecule has 13 heteroatoms. The third kappa shape index (κ3) is 8.01. The summed E-state index contributed by atoms with van der Waals surface area (Å²) in [5, 5.41) is 2.43. The van der Waals surface area contributed by atoms with Crippen LogP contribution in [0.15, 0.2) is 12.7 Å². The van der Waals surface area contributed by atoms with Gasteiger partial charge in [-0.1, -0.05) is 12.7 Å². The number of nitrogens with one attached hydrogen (secondary N) is 2. The molecule has 1 rings (SSSR count). The van der Waals surface area contributed by atoms with Gasteiger partial charge in [-0.05, 0) is 33.6 Å². The molecular formula is C17H28F3N3O6S. The van der Waals surface area contributed by atoms with Gasteiger partial charge < -0.3 is 19.7 Å². The van der Waals surface area contributed by atoms with Crippen molar-refractivity contribution in [1.29, 1.82) is 0 Å². The lowest BCUT2D eigenvalue weighted by Crippen LogP contribution is -2.54. The minimum Gasteiger partial charge on any atom is -0.445 e. The number of amides is 2. The highest BCUT2D eigenvalue weighted by atomic mass is 32.2. The number of carbonyl (C=O) groups excluding carboxylic acids is 2. The molecule has 0 bridgehead atoms. The first-order valence-corrected chi connectivity index (χ1v) is 10.6. The Bertz CT molecular complexity index is 726. The SMILES string of the molecule is C=CCOC(=O)NCC1(CNS(=O)(=O)C(F)(F)F)CCN(C(=O)OC(C)(C)C)CC1. The number of nitrogens with zero attached hydrogens (tertiary/aromatic N) is 1. The number of carbonyl (C=O) groups is 2. The van der Waals surface area contributed by atoms with Gasteiger partial charge in [-0.15, -0.1) is 0 Å². The molecule has 0 saturated carbocycles. The van der Waals surface area contributed by atoms with Crippen molar-refractivity contribution >= 4 is 22.2 Å². The van der Waals surface area contributed by atoms with Crippen LogP contribution in [0.1, 0.15) is 33.6 Å². The molecule has 2 amide bonds. The van der Waals surface area contributed by atoms with Crippen LogP contribution in [-0.4, -0.2) is 69.4 Å². The van der Waals surface area contributed by atoms with Crippen LogP contribution < -0.4 is 10.0 Å². The van der Waals surface area contributed by atoms with Crippen LogP contribution >= 0.6 is 0 Å². The summed E-state index contributed by atoms with van der Waals surface area (Å²) >= 11 is 0. The van der Waals surface area contributed by atoms with Crippen molar-refractivity contribution in [1.82, 2.24) is 14.9 Å². The highest BCUT2D eigenvalue weighted by Gasteiger charge is 2.47. The number of piperidine rings is 1. The van der Waals surface area contributed by atoms with Crippen LogP contribution in [0.4, 0.5) is 22.8 Å². The van der Waals surface area contributed by atoms with Crippen LogP contribution in [0, 0.1) is 5.41 Å². The highest BCUT2D eigenvalue weighted by molar-refractivity contribution is 7.90. The van der Waals surface area contributed by atoms with E-state index in [9.17, 15) is 31.2 Å². The van der Waals surface area contributed by atoms with Gasteiger partial charge in [-0.25, -0.2) is 22.7 Å². The fourth-order valence-corrected chi connectivity index (χ4v) is 3.34. The van der Waals surface area contributed by atoms with Gasteiger partial charge in [0, 0.05) is 31.6 Å². The maximum absolute atomic E-state index is 12.7. The first-order valence-electron chi connectivity index (χ1n) is 9.16. The topological polar surface area (TPSA) is 114 Å². The molecule has 1 fully saturated rings. The van der Waals surface area contributed by atoms with E-state index >= 15 is 0 Å². The van der Waals surface area contributed by atoms with Crippen molar-refractivity contribution in [3.63, 3.8) is 0 Å². The van der Waals surface area contributed by atoms with Crippen LogP contribution in [0.3, 0.4) is 0 Å². The number of rotatable bonds is 7. The van der Waals surface area contributed by atoms with Gasteiger partial charge in [0.2, 0.25) is 0 Å². The van der Waals surface area contributed by atoms with Crippen molar-refractivity contribution in [2.75, 3.05) is 32.8 Å². The molecule has 174 valence electrons. The third-order valence-electron chi connectivity index (χ3n) is 4.36. The Labute approximate surface area is 174 Å². The molecule has 1 aliphatic heterocycles. The lowest BCUT2D eigenvalue weighted by Gasteiger charge is -2.42. The predicted molar refractivity (Wildman–Crippen MR) is 102 cm³/mol. The number of ether oxygens (including phenoxy) is 2. The molecule has 0 aromatic rings. The minimum absolute atomic E-state index is 0.0635. The minimum atomic E-state index is -5.55. The van der Waals surface area contributed by atoms with Crippen LogP contribution in [0.5, 0.6) is 0 Å². The fraction of sp³-hybridized carbons (Fsp3) is 0.765. The molecule has 1 saturated heterocycles. The molecular weight excluding hydrogens is 431 g/mol. The molecule has 0 aromatic carbocycles. The molecule has 9 nitrogen and oxygen atoms in total. The average Bonchev–Trinajstić information content (AvgIpc) is 2.61. The van der Waals surface area contributed by atoms with E-state index in [4.69, 9.17) is 9.47 Å². The monoisotopic (exact) mass is 459 g/mol. The average molecular weight is 459 g/mol. The smallest absolute Gasteiger partial charge is 0.445 e. The summed E-state index contributed by atoms with van der Waals surface area (Å²) in [6.07, 6.45) is 0.210. The van der Waals surface area contributed by atoms with Crippen LogP contribution in [0.2, 0.25) is 0 Å². The zero-order valence-corrected chi connectivity index (χ0v) is 18.0. The third-order valence-corrected chi connectivity index (χ3v) is 5.49. The van der Waals surface area contributed by atoms with E-state index in [0.29, 0.717) is 0 Å². The molecule has 0 radical (unpaired) electrons. The van der Waals surface area contributed by atoms with E-state index < -0.39 is 45.3 Å². The quantitative estimate of drug-likeness (QED) is 0.565. The Morgan fingerprint density at radius 3 is 2.20 bits per heavy atom. The van der Waals surface area contributed by atoms with E-state index in [1.54, 1.807) is 25.5 Å². The van der Waals surface area contributed by atoms with Crippen LogP contribution in [0.25, 0.3) is 0 Å². The lowest BCUT2D eigenvalue weighted by molar-refractivity contribution is -0.0452. The van der Waals surface area contributed by atoms with Crippen molar-refractivity contribution in [3.8, 4) is 0 Å². The van der Waals surface area contributed by atoms with Crippen molar-refractivity contribution in [2.45, 2.75) is 44.7 Å². The maximum Gasteiger partial charge on any atom is 0.511 e. The predicted octanol–water partition coefficient (Wildman–Crippen LogP) is 2.36. The van der Waals surface area contributed by atoms with E-state index in [-0.39, 0.29) is 39.1 Å². The second-order valence-electron chi connectivity index (χ2n) is 7.98. The van der Waals surface area contributed by atoms with Crippen LogP contribution in [-0.2, 0) is 19.5 Å². The summed E-state index contributed by atoms with van der Waals surface area (Å²) in [7, 11) is -5.55. The summed E-state index contributed by atoms with van der Waals surface area (Å²) in [6, 6.07) is 0. The second-order valence-corrected chi connectivity index (χ2v) is 9.74. The largest absolute Gasteiger partial charge is 0.511 e. The Kier molecular flexibility index (Phi) is 8.55. The Balaban J connectivity index is 2.86. The zero-order valence-electron chi connectivity index (χ0n) is 17.2. The molecule has 1 heterocycles. The van der Waals surface area contributed by atoms with E-state index in [1.165, 1.54) is 11.0 Å². The Morgan fingerprint density at radius 1 is 1.17 bits per heavy atom. The summed E-state index contributed by atoms with van der Waals surface area (Å²) in [5.41, 5.74) is -7.23. The molecule has 0 aromatic heterocycles. The summed E-state index contributed by atoms with van der Waals surface area (Å²) < 4.78 is 72.4. The van der Waals surface area contributed by atoms with Gasteiger partial charge in [-0.3, -0.25) is 0 Å². The molecule has 0 spiro atoms. The first-order chi connectivity index (χ1) is 13.6. The Morgan fingerprint density at radius 2 is 1.73 bits per heavy atom. The number of alkyl carbamates (subject to hydrolysis) is 1.